The molecule has 10 heteroatoms. The molecule has 2 fully saturated rings. The van der Waals surface area contributed by atoms with Gasteiger partial charge in [0, 0.05) is 37.3 Å². The zero-order valence-corrected chi connectivity index (χ0v) is 21.1. The maximum atomic E-state index is 14.4. The lowest BCUT2D eigenvalue weighted by Gasteiger charge is -2.36. The number of amides is 1. The lowest BCUT2D eigenvalue weighted by molar-refractivity contribution is 0.0627. The van der Waals surface area contributed by atoms with Crippen molar-refractivity contribution in [3.63, 3.8) is 0 Å². The monoisotopic (exact) mass is 534 g/mol. The maximum absolute atomic E-state index is 14.4. The van der Waals surface area contributed by atoms with Crippen LogP contribution in [0.5, 0.6) is 0 Å². The molecule has 1 saturated carbocycles. The van der Waals surface area contributed by atoms with Crippen molar-refractivity contribution in [2.45, 2.75) is 50.3 Å². The Hall–Kier alpha value is -2.88. The van der Waals surface area contributed by atoms with Gasteiger partial charge in [-0.2, -0.15) is 0 Å². The lowest BCUT2D eigenvalue weighted by Crippen LogP contribution is -2.54. The Labute approximate surface area is 219 Å². The maximum Gasteiger partial charge on any atom is 0.275 e. The predicted molar refractivity (Wildman–Crippen MR) is 136 cm³/mol. The SMILES string of the molecule is Cl.O=C(c1ncn([C@H]2CCCC[C@H]2O)c1-c1ccccc1)N1CCNC[C@H]1Cc1cc(F)c(F)cc1F. The average Bonchev–Trinajstić information content (AvgIpc) is 3.33. The van der Waals surface area contributed by atoms with Crippen LogP contribution in [0.25, 0.3) is 11.3 Å². The molecule has 0 spiro atoms. The number of hydrogen-bond donors (Lipinski definition) is 2. The van der Waals surface area contributed by atoms with Gasteiger partial charge in [-0.1, -0.05) is 43.2 Å². The number of carbonyl (C=O) groups is 1. The van der Waals surface area contributed by atoms with Crippen molar-refractivity contribution in [1.82, 2.24) is 19.8 Å². The van der Waals surface area contributed by atoms with Gasteiger partial charge < -0.3 is 19.9 Å². The second kappa shape index (κ2) is 11.7. The van der Waals surface area contributed by atoms with Crippen molar-refractivity contribution < 1.29 is 23.1 Å². The highest BCUT2D eigenvalue weighted by atomic mass is 35.5. The van der Waals surface area contributed by atoms with E-state index in [9.17, 15) is 23.1 Å². The Morgan fingerprint density at radius 1 is 1.05 bits per heavy atom. The van der Waals surface area contributed by atoms with E-state index in [-0.39, 0.29) is 42.0 Å². The van der Waals surface area contributed by atoms with Gasteiger partial charge in [0.1, 0.15) is 5.82 Å². The number of halogens is 4. The van der Waals surface area contributed by atoms with Crippen LogP contribution < -0.4 is 5.32 Å². The zero-order valence-electron chi connectivity index (χ0n) is 20.2. The molecule has 0 radical (unpaired) electrons. The number of carbonyl (C=O) groups excluding carboxylic acids is 1. The normalized spacial score (nSPS) is 21.9. The molecule has 37 heavy (non-hydrogen) atoms. The highest BCUT2D eigenvalue weighted by Gasteiger charge is 2.34. The molecule has 6 nitrogen and oxygen atoms in total. The number of aliphatic hydroxyl groups is 1. The number of aliphatic hydroxyl groups excluding tert-OH is 1. The summed E-state index contributed by atoms with van der Waals surface area (Å²) in [5.74, 6) is -3.52. The van der Waals surface area contributed by atoms with Crippen LogP contribution in [-0.4, -0.2) is 57.2 Å². The van der Waals surface area contributed by atoms with Gasteiger partial charge in [0.25, 0.3) is 5.91 Å². The number of nitrogens with zero attached hydrogens (tertiary/aromatic N) is 3. The largest absolute Gasteiger partial charge is 0.391 e. The molecule has 1 saturated heterocycles. The summed E-state index contributed by atoms with van der Waals surface area (Å²) in [6.07, 6.45) is 4.56. The summed E-state index contributed by atoms with van der Waals surface area (Å²) in [7, 11) is 0. The van der Waals surface area contributed by atoms with E-state index in [0.717, 1.165) is 30.9 Å². The van der Waals surface area contributed by atoms with Gasteiger partial charge in [-0.3, -0.25) is 4.79 Å². The standard InChI is InChI=1S/C27H29F3N4O2.ClH/c28-20-14-22(30)21(29)13-18(20)12-19-15-31-10-11-33(19)27(36)25-26(17-6-2-1-3-7-17)34(16-32-25)23-8-4-5-9-24(23)35;/h1-3,6-7,13-14,16,19,23-24,31,35H,4-5,8-12,15H2;1H/t19-,23+,24-;/m1./s1. The van der Waals surface area contributed by atoms with E-state index in [1.807, 2.05) is 34.9 Å². The molecular weight excluding hydrogens is 505 g/mol. The molecule has 5 rings (SSSR count). The second-order valence-corrected chi connectivity index (χ2v) is 9.55. The summed E-state index contributed by atoms with van der Waals surface area (Å²) in [4.78, 5) is 20.1. The van der Waals surface area contributed by atoms with E-state index in [4.69, 9.17) is 0 Å². The van der Waals surface area contributed by atoms with Crippen molar-refractivity contribution in [2.24, 2.45) is 0 Å². The van der Waals surface area contributed by atoms with E-state index >= 15 is 0 Å². The minimum Gasteiger partial charge on any atom is -0.391 e. The van der Waals surface area contributed by atoms with Crippen LogP contribution in [0.2, 0.25) is 0 Å². The van der Waals surface area contributed by atoms with Crippen molar-refractivity contribution in [1.29, 1.82) is 0 Å². The van der Waals surface area contributed by atoms with Gasteiger partial charge in [0.15, 0.2) is 17.3 Å². The second-order valence-electron chi connectivity index (χ2n) is 9.55. The van der Waals surface area contributed by atoms with Crippen molar-refractivity contribution in [2.75, 3.05) is 19.6 Å². The number of nitrogens with one attached hydrogen (secondary N) is 1. The first kappa shape index (κ1) is 27.2. The van der Waals surface area contributed by atoms with Crippen molar-refractivity contribution >= 4 is 18.3 Å². The van der Waals surface area contributed by atoms with Crippen LogP contribution in [0.1, 0.15) is 47.8 Å². The summed E-state index contributed by atoms with van der Waals surface area (Å²) < 4.78 is 43.6. The van der Waals surface area contributed by atoms with Gasteiger partial charge in [-0.25, -0.2) is 18.2 Å². The minimum absolute atomic E-state index is 0. The van der Waals surface area contributed by atoms with Crippen LogP contribution in [-0.2, 0) is 6.42 Å². The Kier molecular flexibility index (Phi) is 8.56. The smallest absolute Gasteiger partial charge is 0.275 e. The quantitative estimate of drug-likeness (QED) is 0.472. The summed E-state index contributed by atoms with van der Waals surface area (Å²) in [5, 5.41) is 13.9. The Morgan fingerprint density at radius 2 is 1.78 bits per heavy atom. The number of rotatable bonds is 5. The molecule has 1 aromatic heterocycles. The highest BCUT2D eigenvalue weighted by molar-refractivity contribution is 5.98. The molecule has 0 bridgehead atoms. The molecule has 2 aliphatic rings. The van der Waals surface area contributed by atoms with E-state index in [2.05, 4.69) is 10.3 Å². The van der Waals surface area contributed by atoms with E-state index in [0.29, 0.717) is 37.8 Å². The molecule has 1 aliphatic carbocycles. The highest BCUT2D eigenvalue weighted by Crippen LogP contribution is 2.35. The number of aromatic nitrogens is 2. The van der Waals surface area contributed by atoms with Gasteiger partial charge in [-0.05, 0) is 30.9 Å². The van der Waals surface area contributed by atoms with E-state index < -0.39 is 29.6 Å². The predicted octanol–water partition coefficient (Wildman–Crippen LogP) is 4.52. The van der Waals surface area contributed by atoms with Crippen LogP contribution in [0, 0.1) is 17.5 Å². The first-order valence-corrected chi connectivity index (χ1v) is 12.4. The first-order chi connectivity index (χ1) is 17.4. The summed E-state index contributed by atoms with van der Waals surface area (Å²) in [5.41, 5.74) is 1.73. The fraction of sp³-hybridized carbons (Fsp3) is 0.407. The van der Waals surface area contributed by atoms with Gasteiger partial charge >= 0.3 is 0 Å². The molecule has 3 atom stereocenters. The van der Waals surface area contributed by atoms with Crippen LogP contribution in [0.4, 0.5) is 13.2 Å². The molecule has 0 unspecified atom stereocenters. The van der Waals surface area contributed by atoms with Crippen molar-refractivity contribution in [3.8, 4) is 11.3 Å². The Bertz CT molecular complexity index is 1240. The van der Waals surface area contributed by atoms with E-state index in [1.165, 1.54) is 0 Å². The lowest BCUT2D eigenvalue weighted by atomic mass is 9.92. The Morgan fingerprint density at radius 3 is 2.54 bits per heavy atom. The Balaban J connectivity index is 0.00000320. The summed E-state index contributed by atoms with van der Waals surface area (Å²) >= 11 is 0. The van der Waals surface area contributed by atoms with Crippen molar-refractivity contribution in [3.05, 3.63) is 77.5 Å². The third kappa shape index (κ3) is 5.54. The van der Waals surface area contributed by atoms with E-state index in [1.54, 1.807) is 11.2 Å². The molecule has 198 valence electrons. The van der Waals surface area contributed by atoms with Crippen LogP contribution in [0.15, 0.2) is 48.8 Å². The molecular formula is C27H30ClF3N4O2. The van der Waals surface area contributed by atoms with Gasteiger partial charge in [0.2, 0.25) is 0 Å². The zero-order chi connectivity index (χ0) is 25.2. The fourth-order valence-corrected chi connectivity index (χ4v) is 5.39. The van der Waals surface area contributed by atoms with Crippen LogP contribution in [0.3, 0.4) is 0 Å². The molecule has 3 aromatic rings. The number of piperazine rings is 1. The summed E-state index contributed by atoms with van der Waals surface area (Å²) in [6, 6.07) is 10.2. The molecule has 1 amide bonds. The molecule has 1 aliphatic heterocycles. The molecule has 2 aromatic carbocycles. The first-order valence-electron chi connectivity index (χ1n) is 12.4. The van der Waals surface area contributed by atoms with Gasteiger partial charge in [-0.15, -0.1) is 12.4 Å². The molecule has 2 heterocycles. The number of hydrogen-bond acceptors (Lipinski definition) is 4. The van der Waals surface area contributed by atoms with Crippen LogP contribution >= 0.6 is 12.4 Å². The minimum atomic E-state index is -1.24. The topological polar surface area (TPSA) is 70.4 Å². The molecule has 2 N–H and O–H groups in total. The summed E-state index contributed by atoms with van der Waals surface area (Å²) in [6.45, 7) is 1.29. The fourth-order valence-electron chi connectivity index (χ4n) is 5.39. The average molecular weight is 535 g/mol. The number of imidazole rings is 1. The number of benzene rings is 2. The third-order valence-electron chi connectivity index (χ3n) is 7.25. The van der Waals surface area contributed by atoms with Gasteiger partial charge in [0.05, 0.1) is 24.2 Å². The third-order valence-corrected chi connectivity index (χ3v) is 7.25.